The van der Waals surface area contributed by atoms with E-state index in [1.54, 1.807) is 22.8 Å². The first-order valence-corrected chi connectivity index (χ1v) is 12.5. The first-order valence-electron chi connectivity index (χ1n) is 11.1. The normalized spacial score (nSPS) is 15.3. The zero-order chi connectivity index (χ0) is 22.7. The van der Waals surface area contributed by atoms with Gasteiger partial charge in [0.1, 0.15) is 12.1 Å². The van der Waals surface area contributed by atoms with Crippen molar-refractivity contribution in [3.05, 3.63) is 72.1 Å². The number of hydrogen-bond donors (Lipinski definition) is 0. The van der Waals surface area contributed by atoms with Gasteiger partial charge >= 0.3 is 0 Å². The van der Waals surface area contributed by atoms with Crippen LogP contribution in [-0.2, 0) is 16.4 Å². The third kappa shape index (κ3) is 5.00. The van der Waals surface area contributed by atoms with Crippen molar-refractivity contribution in [2.24, 2.45) is 5.92 Å². The van der Waals surface area contributed by atoms with Crippen molar-refractivity contribution in [3.63, 3.8) is 0 Å². The fraction of sp³-hybridized carbons (Fsp3) is 0.360. The number of anilines is 1. The van der Waals surface area contributed by atoms with Crippen LogP contribution in [0.25, 0.3) is 11.3 Å². The second kappa shape index (κ2) is 9.38. The summed E-state index contributed by atoms with van der Waals surface area (Å²) >= 11 is 0. The van der Waals surface area contributed by atoms with Gasteiger partial charge in [-0.1, -0.05) is 55.8 Å². The van der Waals surface area contributed by atoms with Crippen LogP contribution in [0.1, 0.15) is 25.0 Å². The Bertz CT molecular complexity index is 1150. The SMILES string of the molecule is Cc1ccc(-c2cc(N3CCN(S(=O)(=O)c4ccc(CC(C)C)cc4)CC3)ncn2)cc1. The maximum absolute atomic E-state index is 13.1. The quantitative estimate of drug-likeness (QED) is 0.564. The third-order valence-electron chi connectivity index (χ3n) is 5.77. The average Bonchev–Trinajstić information content (AvgIpc) is 2.80. The molecule has 1 aromatic heterocycles. The van der Waals surface area contributed by atoms with E-state index in [2.05, 4.69) is 59.9 Å². The molecule has 0 unspecified atom stereocenters. The summed E-state index contributed by atoms with van der Waals surface area (Å²) in [6.07, 6.45) is 2.52. The minimum Gasteiger partial charge on any atom is -0.354 e. The van der Waals surface area contributed by atoms with Crippen molar-refractivity contribution in [2.75, 3.05) is 31.1 Å². The van der Waals surface area contributed by atoms with E-state index in [-0.39, 0.29) is 0 Å². The largest absolute Gasteiger partial charge is 0.354 e. The van der Waals surface area contributed by atoms with Crippen LogP contribution in [0.15, 0.2) is 65.8 Å². The van der Waals surface area contributed by atoms with Gasteiger partial charge in [-0.2, -0.15) is 4.31 Å². The highest BCUT2D eigenvalue weighted by molar-refractivity contribution is 7.89. The number of piperazine rings is 1. The Labute approximate surface area is 191 Å². The molecular formula is C25H30N4O2S. The van der Waals surface area contributed by atoms with Crippen LogP contribution >= 0.6 is 0 Å². The van der Waals surface area contributed by atoms with Gasteiger partial charge in [-0.3, -0.25) is 0 Å². The summed E-state index contributed by atoms with van der Waals surface area (Å²) < 4.78 is 27.8. The van der Waals surface area contributed by atoms with Crippen LogP contribution in [0.4, 0.5) is 5.82 Å². The summed E-state index contributed by atoms with van der Waals surface area (Å²) in [5.41, 5.74) is 4.28. The molecular weight excluding hydrogens is 420 g/mol. The van der Waals surface area contributed by atoms with Crippen molar-refractivity contribution in [3.8, 4) is 11.3 Å². The lowest BCUT2D eigenvalue weighted by atomic mass is 10.0. The molecule has 0 spiro atoms. The van der Waals surface area contributed by atoms with Gasteiger partial charge in [0.2, 0.25) is 10.0 Å². The predicted octanol–water partition coefficient (Wildman–Crippen LogP) is 4.16. The minimum absolute atomic E-state index is 0.363. The molecule has 168 valence electrons. The molecule has 0 bridgehead atoms. The number of nitrogens with zero attached hydrogens (tertiary/aromatic N) is 4. The third-order valence-corrected chi connectivity index (χ3v) is 7.68. The van der Waals surface area contributed by atoms with Crippen molar-refractivity contribution >= 4 is 15.8 Å². The molecule has 0 amide bonds. The van der Waals surface area contributed by atoms with E-state index in [1.807, 2.05) is 18.2 Å². The molecule has 3 aromatic rings. The summed E-state index contributed by atoms with van der Waals surface area (Å²) in [4.78, 5) is 11.3. The summed E-state index contributed by atoms with van der Waals surface area (Å²) in [6.45, 7) is 8.42. The molecule has 0 saturated carbocycles. The summed E-state index contributed by atoms with van der Waals surface area (Å²) in [6, 6.07) is 17.5. The Morgan fingerprint density at radius 2 is 1.56 bits per heavy atom. The fourth-order valence-corrected chi connectivity index (χ4v) is 5.40. The molecule has 1 saturated heterocycles. The molecule has 4 rings (SSSR count). The number of rotatable bonds is 6. The molecule has 0 radical (unpaired) electrons. The summed E-state index contributed by atoms with van der Waals surface area (Å²) in [7, 11) is -3.49. The highest BCUT2D eigenvalue weighted by atomic mass is 32.2. The fourth-order valence-electron chi connectivity index (χ4n) is 3.98. The van der Waals surface area contributed by atoms with Gasteiger partial charge in [0.15, 0.2) is 0 Å². The van der Waals surface area contributed by atoms with Crippen LogP contribution in [-0.4, -0.2) is 48.9 Å². The van der Waals surface area contributed by atoms with E-state index in [0.29, 0.717) is 37.0 Å². The lowest BCUT2D eigenvalue weighted by Gasteiger charge is -2.34. The van der Waals surface area contributed by atoms with E-state index in [4.69, 9.17) is 0 Å². The molecule has 2 heterocycles. The maximum Gasteiger partial charge on any atom is 0.243 e. The van der Waals surface area contributed by atoms with Gasteiger partial charge < -0.3 is 4.90 Å². The van der Waals surface area contributed by atoms with Gasteiger partial charge in [-0.05, 0) is 37.0 Å². The Kier molecular flexibility index (Phi) is 6.58. The maximum atomic E-state index is 13.1. The number of benzene rings is 2. The van der Waals surface area contributed by atoms with Crippen molar-refractivity contribution in [2.45, 2.75) is 32.1 Å². The second-order valence-electron chi connectivity index (χ2n) is 8.76. The molecule has 1 aliphatic heterocycles. The lowest BCUT2D eigenvalue weighted by Crippen LogP contribution is -2.48. The lowest BCUT2D eigenvalue weighted by molar-refractivity contribution is 0.384. The van der Waals surface area contributed by atoms with Gasteiger partial charge in [-0.15, -0.1) is 0 Å². The van der Waals surface area contributed by atoms with Crippen molar-refractivity contribution in [1.82, 2.24) is 14.3 Å². The molecule has 0 aliphatic carbocycles. The van der Waals surface area contributed by atoms with E-state index in [9.17, 15) is 8.42 Å². The van der Waals surface area contributed by atoms with Crippen LogP contribution in [0.2, 0.25) is 0 Å². The standard InChI is InChI=1S/C25H30N4O2S/c1-19(2)16-21-6-10-23(11-7-21)32(30,31)29-14-12-28(13-15-29)25-17-24(26-18-27-25)22-8-4-20(3)5-9-22/h4-11,17-19H,12-16H2,1-3H3. The van der Waals surface area contributed by atoms with Crippen molar-refractivity contribution < 1.29 is 8.42 Å². The van der Waals surface area contributed by atoms with Crippen molar-refractivity contribution in [1.29, 1.82) is 0 Å². The Balaban J connectivity index is 1.44. The number of aromatic nitrogens is 2. The molecule has 0 atom stereocenters. The van der Waals surface area contributed by atoms with Crippen LogP contribution in [0.3, 0.4) is 0 Å². The van der Waals surface area contributed by atoms with Gasteiger partial charge in [0.25, 0.3) is 0 Å². The zero-order valence-corrected chi connectivity index (χ0v) is 19.7. The van der Waals surface area contributed by atoms with E-state index in [0.717, 1.165) is 29.1 Å². The van der Waals surface area contributed by atoms with Gasteiger partial charge in [0.05, 0.1) is 10.6 Å². The molecule has 2 aromatic carbocycles. The highest BCUT2D eigenvalue weighted by Gasteiger charge is 2.29. The van der Waals surface area contributed by atoms with Gasteiger partial charge in [0, 0.05) is 37.8 Å². The number of hydrogen-bond acceptors (Lipinski definition) is 5. The molecule has 7 heteroatoms. The van der Waals surface area contributed by atoms with E-state index >= 15 is 0 Å². The first kappa shape index (κ1) is 22.4. The first-order chi connectivity index (χ1) is 15.3. The minimum atomic E-state index is -3.49. The smallest absolute Gasteiger partial charge is 0.243 e. The Hall–Kier alpha value is -2.77. The topological polar surface area (TPSA) is 66.4 Å². The average molecular weight is 451 g/mol. The Morgan fingerprint density at radius 3 is 2.19 bits per heavy atom. The monoisotopic (exact) mass is 450 g/mol. The van der Waals surface area contributed by atoms with Crippen LogP contribution < -0.4 is 4.90 Å². The highest BCUT2D eigenvalue weighted by Crippen LogP contribution is 2.24. The molecule has 6 nitrogen and oxygen atoms in total. The molecule has 1 aliphatic rings. The molecule has 32 heavy (non-hydrogen) atoms. The van der Waals surface area contributed by atoms with Crippen LogP contribution in [0, 0.1) is 12.8 Å². The molecule has 1 fully saturated rings. The van der Waals surface area contributed by atoms with E-state index in [1.165, 1.54) is 5.56 Å². The number of aryl methyl sites for hydroxylation is 1. The molecule has 0 N–H and O–H groups in total. The van der Waals surface area contributed by atoms with Gasteiger partial charge in [-0.25, -0.2) is 18.4 Å². The second-order valence-corrected chi connectivity index (χ2v) is 10.7. The van der Waals surface area contributed by atoms with Crippen LogP contribution in [0.5, 0.6) is 0 Å². The van der Waals surface area contributed by atoms with E-state index < -0.39 is 10.0 Å². The summed E-state index contributed by atoms with van der Waals surface area (Å²) in [5.74, 6) is 1.37. The number of sulfonamides is 1. The predicted molar refractivity (Wildman–Crippen MR) is 128 cm³/mol. The zero-order valence-electron chi connectivity index (χ0n) is 18.9. The summed E-state index contributed by atoms with van der Waals surface area (Å²) in [5, 5.41) is 0. The Morgan fingerprint density at radius 1 is 0.906 bits per heavy atom.